The van der Waals surface area contributed by atoms with Gasteiger partial charge < -0.3 is 10.4 Å². The van der Waals surface area contributed by atoms with Crippen molar-refractivity contribution in [3.8, 4) is 0 Å². The summed E-state index contributed by atoms with van der Waals surface area (Å²) >= 11 is 4.56. The van der Waals surface area contributed by atoms with Gasteiger partial charge in [0.1, 0.15) is 0 Å². The third-order valence-corrected chi connectivity index (χ3v) is 4.26. The first-order valence-electron chi connectivity index (χ1n) is 5.31. The number of carboxylic acid groups (broad SMARTS) is 1. The van der Waals surface area contributed by atoms with Gasteiger partial charge in [0.25, 0.3) is 0 Å². The molecule has 0 saturated carbocycles. The second-order valence-corrected chi connectivity index (χ2v) is 5.49. The van der Waals surface area contributed by atoms with E-state index >= 15 is 0 Å². The van der Waals surface area contributed by atoms with Crippen LogP contribution in [0, 0.1) is 6.92 Å². The Morgan fingerprint density at radius 2 is 2.11 bits per heavy atom. The summed E-state index contributed by atoms with van der Waals surface area (Å²) in [6, 6.07) is 5.85. The molecule has 0 radical (unpaired) electrons. The molecule has 0 aliphatic rings. The van der Waals surface area contributed by atoms with Gasteiger partial charge >= 0.3 is 5.97 Å². The number of amides is 1. The number of aryl methyl sites for hydroxylation is 1. The van der Waals surface area contributed by atoms with E-state index in [9.17, 15) is 9.59 Å². The Morgan fingerprint density at radius 3 is 2.78 bits per heavy atom. The van der Waals surface area contributed by atoms with E-state index in [2.05, 4.69) is 21.2 Å². The predicted molar refractivity (Wildman–Crippen MR) is 75.7 cm³/mol. The fourth-order valence-corrected chi connectivity index (χ4v) is 2.29. The van der Waals surface area contributed by atoms with E-state index < -0.39 is 5.97 Å². The monoisotopic (exact) mass is 331 g/mol. The molecule has 2 N–H and O–H groups in total. The molecule has 0 aliphatic carbocycles. The summed E-state index contributed by atoms with van der Waals surface area (Å²) in [5, 5.41) is 11.2. The number of carboxylic acids is 1. The number of carbonyl (C=O) groups is 2. The van der Waals surface area contributed by atoms with Crippen molar-refractivity contribution in [2.45, 2.75) is 13.5 Å². The highest BCUT2D eigenvalue weighted by Gasteiger charge is 2.06. The fourth-order valence-electron chi connectivity index (χ4n) is 1.32. The van der Waals surface area contributed by atoms with E-state index in [4.69, 9.17) is 5.11 Å². The van der Waals surface area contributed by atoms with Crippen molar-refractivity contribution in [3.63, 3.8) is 0 Å². The van der Waals surface area contributed by atoms with E-state index in [0.29, 0.717) is 6.54 Å². The molecule has 0 atom stereocenters. The van der Waals surface area contributed by atoms with Crippen molar-refractivity contribution < 1.29 is 14.7 Å². The molecule has 1 aromatic rings. The van der Waals surface area contributed by atoms with Crippen LogP contribution in [0.4, 0.5) is 0 Å². The molecule has 18 heavy (non-hydrogen) atoms. The zero-order valence-electron chi connectivity index (χ0n) is 9.90. The van der Waals surface area contributed by atoms with E-state index in [1.807, 2.05) is 25.1 Å². The molecule has 98 valence electrons. The third kappa shape index (κ3) is 5.10. The number of nitrogens with one attached hydrogen (secondary N) is 1. The largest absolute Gasteiger partial charge is 0.481 e. The summed E-state index contributed by atoms with van der Waals surface area (Å²) < 4.78 is 0.989. The number of thioether (sulfide) groups is 1. The molecule has 1 aromatic carbocycles. The van der Waals surface area contributed by atoms with Crippen LogP contribution in [0.2, 0.25) is 0 Å². The zero-order valence-corrected chi connectivity index (χ0v) is 12.3. The molecule has 0 spiro atoms. The highest BCUT2D eigenvalue weighted by Crippen LogP contribution is 2.20. The summed E-state index contributed by atoms with van der Waals surface area (Å²) in [6.07, 6.45) is 0. The van der Waals surface area contributed by atoms with Crippen LogP contribution in [-0.4, -0.2) is 28.5 Å². The van der Waals surface area contributed by atoms with Crippen molar-refractivity contribution in [2.75, 3.05) is 11.5 Å². The standard InChI is InChI=1S/C12H14BrNO3S/c1-8-3-2-4-9(12(8)13)5-14-10(15)6-18-7-11(16)17/h2-4H,5-7H2,1H3,(H,14,15)(H,16,17). The smallest absolute Gasteiger partial charge is 0.313 e. The average molecular weight is 332 g/mol. The predicted octanol–water partition coefficient (Wildman–Crippen LogP) is 2.19. The van der Waals surface area contributed by atoms with Crippen molar-refractivity contribution >= 4 is 39.6 Å². The molecule has 0 bridgehead atoms. The Bertz CT molecular complexity index is 451. The molecule has 0 unspecified atom stereocenters. The van der Waals surface area contributed by atoms with Crippen LogP contribution < -0.4 is 5.32 Å². The van der Waals surface area contributed by atoms with E-state index in [0.717, 1.165) is 27.4 Å². The highest BCUT2D eigenvalue weighted by molar-refractivity contribution is 9.10. The van der Waals surface area contributed by atoms with Crippen molar-refractivity contribution in [1.82, 2.24) is 5.32 Å². The fraction of sp³-hybridized carbons (Fsp3) is 0.333. The summed E-state index contributed by atoms with van der Waals surface area (Å²) in [5.41, 5.74) is 2.12. The van der Waals surface area contributed by atoms with E-state index in [1.165, 1.54) is 0 Å². The Balaban J connectivity index is 2.38. The minimum Gasteiger partial charge on any atom is -0.481 e. The van der Waals surface area contributed by atoms with Gasteiger partial charge in [-0.15, -0.1) is 11.8 Å². The maximum absolute atomic E-state index is 11.5. The van der Waals surface area contributed by atoms with Crippen LogP contribution >= 0.6 is 27.7 Å². The maximum atomic E-state index is 11.5. The number of hydrogen-bond acceptors (Lipinski definition) is 3. The minimum absolute atomic E-state index is 0.0540. The van der Waals surface area contributed by atoms with E-state index in [1.54, 1.807) is 0 Å². The maximum Gasteiger partial charge on any atom is 0.313 e. The lowest BCUT2D eigenvalue weighted by Gasteiger charge is -2.08. The molecule has 1 amide bonds. The number of halogens is 1. The Morgan fingerprint density at radius 1 is 1.39 bits per heavy atom. The van der Waals surface area contributed by atoms with Gasteiger partial charge in [-0.3, -0.25) is 9.59 Å². The summed E-state index contributed by atoms with van der Waals surface area (Å²) in [6.45, 7) is 2.42. The molecule has 6 heteroatoms. The normalized spacial score (nSPS) is 10.1. The number of rotatable bonds is 6. The van der Waals surface area contributed by atoms with Gasteiger partial charge in [0, 0.05) is 11.0 Å². The second kappa shape index (κ2) is 7.43. The molecule has 0 aliphatic heterocycles. The van der Waals surface area contributed by atoms with Crippen LogP contribution in [0.1, 0.15) is 11.1 Å². The van der Waals surface area contributed by atoms with Gasteiger partial charge in [0.2, 0.25) is 5.91 Å². The Kier molecular flexibility index (Phi) is 6.21. The van der Waals surface area contributed by atoms with Crippen LogP contribution in [0.3, 0.4) is 0 Å². The van der Waals surface area contributed by atoms with Crippen LogP contribution in [0.25, 0.3) is 0 Å². The first kappa shape index (κ1) is 15.0. The summed E-state index contributed by atoms with van der Waals surface area (Å²) in [5.74, 6) is -0.957. The van der Waals surface area contributed by atoms with Crippen molar-refractivity contribution in [1.29, 1.82) is 0 Å². The van der Waals surface area contributed by atoms with Crippen LogP contribution in [0.5, 0.6) is 0 Å². The van der Waals surface area contributed by atoms with Crippen LogP contribution in [0.15, 0.2) is 22.7 Å². The summed E-state index contributed by atoms with van der Waals surface area (Å²) in [4.78, 5) is 21.7. The Hall–Kier alpha value is -1.01. The quantitative estimate of drug-likeness (QED) is 0.838. The molecule has 0 aromatic heterocycles. The molecule has 4 nitrogen and oxygen atoms in total. The van der Waals surface area contributed by atoms with Gasteiger partial charge in [-0.1, -0.05) is 34.1 Å². The lowest BCUT2D eigenvalue weighted by atomic mass is 10.1. The number of carbonyl (C=O) groups excluding carboxylic acids is 1. The molecule has 0 fully saturated rings. The summed E-state index contributed by atoms with van der Waals surface area (Å²) in [7, 11) is 0. The van der Waals surface area contributed by atoms with Gasteiger partial charge in [-0.25, -0.2) is 0 Å². The third-order valence-electron chi connectivity index (χ3n) is 2.21. The molecule has 0 heterocycles. The first-order valence-corrected chi connectivity index (χ1v) is 7.25. The average Bonchev–Trinajstić information content (AvgIpc) is 2.30. The van der Waals surface area contributed by atoms with Crippen molar-refractivity contribution in [3.05, 3.63) is 33.8 Å². The molecular formula is C12H14BrNO3S. The molecular weight excluding hydrogens is 318 g/mol. The Labute approximate surface area is 118 Å². The topological polar surface area (TPSA) is 66.4 Å². The zero-order chi connectivity index (χ0) is 13.5. The minimum atomic E-state index is -0.908. The number of hydrogen-bond donors (Lipinski definition) is 2. The van der Waals surface area contributed by atoms with Crippen LogP contribution in [-0.2, 0) is 16.1 Å². The number of benzene rings is 1. The second-order valence-electron chi connectivity index (χ2n) is 3.71. The first-order chi connectivity index (χ1) is 8.50. The highest BCUT2D eigenvalue weighted by atomic mass is 79.9. The lowest BCUT2D eigenvalue weighted by Crippen LogP contribution is -2.25. The van der Waals surface area contributed by atoms with Gasteiger partial charge in [0.15, 0.2) is 0 Å². The lowest BCUT2D eigenvalue weighted by molar-refractivity contribution is -0.133. The molecule has 1 rings (SSSR count). The van der Waals surface area contributed by atoms with Gasteiger partial charge in [-0.05, 0) is 18.1 Å². The molecule has 0 saturated heterocycles. The number of aliphatic carboxylic acids is 1. The van der Waals surface area contributed by atoms with Gasteiger partial charge in [0.05, 0.1) is 11.5 Å². The SMILES string of the molecule is Cc1cccc(CNC(=O)CSCC(=O)O)c1Br. The van der Waals surface area contributed by atoms with E-state index in [-0.39, 0.29) is 17.4 Å². The van der Waals surface area contributed by atoms with Gasteiger partial charge in [-0.2, -0.15) is 0 Å². The van der Waals surface area contributed by atoms with Crippen molar-refractivity contribution in [2.24, 2.45) is 0 Å².